The number of ether oxygens (including phenoxy) is 2. The molecule has 0 unspecified atom stereocenters. The summed E-state index contributed by atoms with van der Waals surface area (Å²) in [6, 6.07) is 11.6. The molecule has 0 saturated carbocycles. The van der Waals surface area contributed by atoms with E-state index in [9.17, 15) is 0 Å². The van der Waals surface area contributed by atoms with Crippen molar-refractivity contribution in [3.05, 3.63) is 53.9 Å². The van der Waals surface area contributed by atoms with Crippen molar-refractivity contribution < 1.29 is 9.47 Å². The highest BCUT2D eigenvalue weighted by molar-refractivity contribution is 5.27. The van der Waals surface area contributed by atoms with Crippen molar-refractivity contribution in [3.63, 3.8) is 0 Å². The monoisotopic (exact) mass is 258 g/mol. The van der Waals surface area contributed by atoms with Crippen LogP contribution in [0.2, 0.25) is 0 Å². The summed E-state index contributed by atoms with van der Waals surface area (Å²) < 4.78 is 11.1. The molecule has 1 heterocycles. The molecule has 4 heteroatoms. The molecule has 4 nitrogen and oxygen atoms in total. The molecule has 0 aliphatic heterocycles. The minimum absolute atomic E-state index is 0.489. The Morgan fingerprint density at radius 2 is 1.58 bits per heavy atom. The Hall–Kier alpha value is -2.07. The molecule has 0 atom stereocenters. The third-order valence-corrected chi connectivity index (χ3v) is 2.66. The van der Waals surface area contributed by atoms with Crippen molar-refractivity contribution in [1.82, 2.24) is 4.98 Å². The number of nitrogens with two attached hydrogens (primary N) is 1. The number of nitrogens with zero attached hydrogens (tertiary/aromatic N) is 1. The SMILES string of the molecule is Cc1ccc(OCCOc2ccc(CN)cc2)cn1. The molecule has 0 aliphatic carbocycles. The lowest BCUT2D eigenvalue weighted by Crippen LogP contribution is -2.09. The lowest BCUT2D eigenvalue weighted by molar-refractivity contribution is 0.216. The van der Waals surface area contributed by atoms with Gasteiger partial charge in [0, 0.05) is 12.2 Å². The van der Waals surface area contributed by atoms with Gasteiger partial charge in [0.1, 0.15) is 24.7 Å². The second-order valence-electron chi connectivity index (χ2n) is 4.18. The minimum Gasteiger partial charge on any atom is -0.490 e. The van der Waals surface area contributed by atoms with E-state index in [4.69, 9.17) is 15.2 Å². The average Bonchev–Trinajstić information content (AvgIpc) is 2.46. The molecule has 0 bridgehead atoms. The first kappa shape index (κ1) is 13.4. The molecule has 0 amide bonds. The Morgan fingerprint density at radius 3 is 2.16 bits per heavy atom. The van der Waals surface area contributed by atoms with Crippen molar-refractivity contribution in [1.29, 1.82) is 0 Å². The number of hydrogen-bond acceptors (Lipinski definition) is 4. The average molecular weight is 258 g/mol. The lowest BCUT2D eigenvalue weighted by Gasteiger charge is -2.08. The zero-order chi connectivity index (χ0) is 13.5. The summed E-state index contributed by atoms with van der Waals surface area (Å²) in [6.45, 7) is 3.47. The molecule has 0 saturated heterocycles. The maximum atomic E-state index is 5.56. The normalized spacial score (nSPS) is 10.2. The summed E-state index contributed by atoms with van der Waals surface area (Å²) in [6.07, 6.45) is 1.71. The van der Waals surface area contributed by atoms with Gasteiger partial charge in [-0.15, -0.1) is 0 Å². The fourth-order valence-electron chi connectivity index (χ4n) is 1.58. The van der Waals surface area contributed by atoms with Crippen LogP contribution in [0.1, 0.15) is 11.3 Å². The van der Waals surface area contributed by atoms with Gasteiger partial charge in [-0.05, 0) is 36.8 Å². The van der Waals surface area contributed by atoms with Crippen LogP contribution in [0, 0.1) is 6.92 Å². The van der Waals surface area contributed by atoms with E-state index in [0.29, 0.717) is 19.8 Å². The Bertz CT molecular complexity index is 495. The van der Waals surface area contributed by atoms with Gasteiger partial charge in [0.25, 0.3) is 0 Å². The first-order chi connectivity index (χ1) is 9.28. The van der Waals surface area contributed by atoms with E-state index < -0.39 is 0 Å². The van der Waals surface area contributed by atoms with Gasteiger partial charge in [-0.1, -0.05) is 12.1 Å². The van der Waals surface area contributed by atoms with Crippen LogP contribution >= 0.6 is 0 Å². The van der Waals surface area contributed by atoms with Gasteiger partial charge >= 0.3 is 0 Å². The van der Waals surface area contributed by atoms with Crippen LogP contribution < -0.4 is 15.2 Å². The van der Waals surface area contributed by atoms with Gasteiger partial charge in [-0.25, -0.2) is 0 Å². The molecule has 1 aromatic heterocycles. The largest absolute Gasteiger partial charge is 0.490 e. The number of benzene rings is 1. The van der Waals surface area contributed by atoms with Crippen LogP contribution in [-0.4, -0.2) is 18.2 Å². The van der Waals surface area contributed by atoms with Crippen molar-refractivity contribution >= 4 is 0 Å². The van der Waals surface area contributed by atoms with E-state index >= 15 is 0 Å². The van der Waals surface area contributed by atoms with E-state index in [2.05, 4.69) is 4.98 Å². The minimum atomic E-state index is 0.489. The van der Waals surface area contributed by atoms with Gasteiger partial charge < -0.3 is 15.2 Å². The van der Waals surface area contributed by atoms with Crippen LogP contribution in [0.3, 0.4) is 0 Å². The van der Waals surface area contributed by atoms with Gasteiger partial charge in [-0.2, -0.15) is 0 Å². The van der Waals surface area contributed by atoms with Crippen molar-refractivity contribution in [3.8, 4) is 11.5 Å². The quantitative estimate of drug-likeness (QED) is 0.808. The molecule has 2 N–H and O–H groups in total. The summed E-state index contributed by atoms with van der Waals surface area (Å²) in [4.78, 5) is 4.16. The predicted molar refractivity (Wildman–Crippen MR) is 74.3 cm³/mol. The second kappa shape index (κ2) is 6.75. The molecule has 2 aromatic rings. The van der Waals surface area contributed by atoms with E-state index in [-0.39, 0.29) is 0 Å². The molecule has 2 rings (SSSR count). The lowest BCUT2D eigenvalue weighted by atomic mass is 10.2. The first-order valence-corrected chi connectivity index (χ1v) is 6.25. The van der Waals surface area contributed by atoms with Gasteiger partial charge in [0.05, 0.1) is 6.20 Å². The maximum absolute atomic E-state index is 5.56. The van der Waals surface area contributed by atoms with Crippen molar-refractivity contribution in [2.45, 2.75) is 13.5 Å². The molecular weight excluding hydrogens is 240 g/mol. The summed E-state index contributed by atoms with van der Waals surface area (Å²) in [7, 11) is 0. The topological polar surface area (TPSA) is 57.4 Å². The molecule has 0 aliphatic rings. The summed E-state index contributed by atoms with van der Waals surface area (Å²) in [5.74, 6) is 1.58. The predicted octanol–water partition coefficient (Wildman–Crippen LogP) is 2.31. The highest BCUT2D eigenvalue weighted by Gasteiger charge is 1.96. The van der Waals surface area contributed by atoms with Gasteiger partial charge in [0.15, 0.2) is 0 Å². The number of rotatable bonds is 6. The number of aromatic nitrogens is 1. The highest BCUT2D eigenvalue weighted by atomic mass is 16.5. The summed E-state index contributed by atoms with van der Waals surface area (Å²) in [5, 5.41) is 0. The zero-order valence-corrected chi connectivity index (χ0v) is 11.0. The summed E-state index contributed by atoms with van der Waals surface area (Å²) >= 11 is 0. The molecule has 0 fully saturated rings. The van der Waals surface area contributed by atoms with Crippen molar-refractivity contribution in [2.24, 2.45) is 5.73 Å². The van der Waals surface area contributed by atoms with Crippen LogP contribution in [0.4, 0.5) is 0 Å². The Kier molecular flexibility index (Phi) is 4.75. The Labute approximate surface area is 113 Å². The number of pyridine rings is 1. The Balaban J connectivity index is 1.72. The van der Waals surface area contributed by atoms with Crippen LogP contribution in [0.5, 0.6) is 11.5 Å². The maximum Gasteiger partial charge on any atom is 0.137 e. The molecule has 1 aromatic carbocycles. The zero-order valence-electron chi connectivity index (χ0n) is 11.0. The van der Waals surface area contributed by atoms with Gasteiger partial charge in [0.2, 0.25) is 0 Å². The molecular formula is C15H18N2O2. The molecule has 0 spiro atoms. The first-order valence-electron chi connectivity index (χ1n) is 6.25. The Morgan fingerprint density at radius 1 is 0.947 bits per heavy atom. The van der Waals surface area contributed by atoms with Gasteiger partial charge in [-0.3, -0.25) is 4.98 Å². The fourth-order valence-corrected chi connectivity index (χ4v) is 1.58. The number of aryl methyl sites for hydroxylation is 1. The summed E-state index contributed by atoms with van der Waals surface area (Å²) in [5.41, 5.74) is 7.60. The van der Waals surface area contributed by atoms with Crippen LogP contribution in [0.25, 0.3) is 0 Å². The van der Waals surface area contributed by atoms with Crippen molar-refractivity contribution in [2.75, 3.05) is 13.2 Å². The second-order valence-corrected chi connectivity index (χ2v) is 4.18. The smallest absolute Gasteiger partial charge is 0.137 e. The van der Waals surface area contributed by atoms with E-state index in [1.807, 2.05) is 43.3 Å². The van der Waals surface area contributed by atoms with Crippen LogP contribution in [-0.2, 0) is 6.54 Å². The third-order valence-electron chi connectivity index (χ3n) is 2.66. The van der Waals surface area contributed by atoms with Crippen LogP contribution in [0.15, 0.2) is 42.6 Å². The van der Waals surface area contributed by atoms with E-state index in [1.165, 1.54) is 0 Å². The standard InChI is InChI=1S/C15H18N2O2/c1-12-2-5-15(11-17-12)19-9-8-18-14-6-3-13(10-16)4-7-14/h2-7,11H,8-10,16H2,1H3. The molecule has 19 heavy (non-hydrogen) atoms. The third kappa shape index (κ3) is 4.26. The van der Waals surface area contributed by atoms with E-state index in [0.717, 1.165) is 22.8 Å². The van der Waals surface area contributed by atoms with E-state index in [1.54, 1.807) is 6.20 Å². The number of hydrogen-bond donors (Lipinski definition) is 1. The highest BCUT2D eigenvalue weighted by Crippen LogP contribution is 2.12. The molecule has 100 valence electrons. The molecule has 0 radical (unpaired) electrons. The fraction of sp³-hybridized carbons (Fsp3) is 0.267.